The Morgan fingerprint density at radius 1 is 0.891 bits per heavy atom. The topological polar surface area (TPSA) is 169 Å². The van der Waals surface area contributed by atoms with Crippen molar-refractivity contribution in [2.75, 3.05) is 53.4 Å². The first-order valence-corrected chi connectivity index (χ1v) is 15.4. The van der Waals surface area contributed by atoms with Gasteiger partial charge in [0.1, 0.15) is 19.3 Å². The van der Waals surface area contributed by atoms with Crippen LogP contribution in [0.1, 0.15) is 24.0 Å². The highest BCUT2D eigenvalue weighted by Crippen LogP contribution is 2.27. The van der Waals surface area contributed by atoms with Crippen LogP contribution in [0.15, 0.2) is 48.5 Å². The highest BCUT2D eigenvalue weighted by Gasteiger charge is 2.42. The lowest BCUT2D eigenvalue weighted by Gasteiger charge is -2.28. The van der Waals surface area contributed by atoms with E-state index >= 15 is 0 Å². The van der Waals surface area contributed by atoms with Gasteiger partial charge in [-0.1, -0.05) is 0 Å². The van der Waals surface area contributed by atoms with Crippen molar-refractivity contribution in [3.05, 3.63) is 79.9 Å². The largest absolute Gasteiger partial charge is 0.445 e. The van der Waals surface area contributed by atoms with Crippen LogP contribution < -0.4 is 0 Å². The van der Waals surface area contributed by atoms with E-state index in [2.05, 4.69) is 17.5 Å². The number of carbonyl (C=O) groups is 3. The van der Waals surface area contributed by atoms with E-state index in [1.165, 1.54) is 46.2 Å². The van der Waals surface area contributed by atoms with Crippen molar-refractivity contribution in [3.8, 4) is 0 Å². The third-order valence-electron chi connectivity index (χ3n) is 8.11. The molecule has 2 fully saturated rings. The molecule has 2 heterocycles. The number of likely N-dealkylation sites (N-methyl/N-ethyl adjacent to an activating group) is 2. The number of thiol groups is 1. The maximum absolute atomic E-state index is 13.5. The summed E-state index contributed by atoms with van der Waals surface area (Å²) in [7, 11) is 3.59. The number of amides is 3. The SMILES string of the molecule is CN(CCN(C)C(=O)OCc1ccc([N+](=O)[O-])cc1)C[C@H]1CCN(C(=O)[C@@H]2C[C@H](S)CN2C(=O)OCc2ccc([N+](=O)[O-])cc2)C1. The van der Waals surface area contributed by atoms with Gasteiger partial charge in [0.25, 0.3) is 11.4 Å². The standard InChI is InChI=1S/C30H38N6O9S/c1-31(13-14-32(2)29(38)44-19-21-3-7-24(8-4-21)35(40)41)16-23-11-12-33(17-23)28(37)27-15-26(46)18-34(27)30(39)45-20-22-5-9-25(10-6-22)36(42)43/h3-10,23,26-27,46H,11-20H2,1-2H3/t23-,26+,27+/m1/s1. The molecule has 2 aromatic rings. The van der Waals surface area contributed by atoms with Crippen LogP contribution in [0.2, 0.25) is 0 Å². The number of rotatable bonds is 12. The smallest absolute Gasteiger partial charge is 0.410 e. The second kappa shape index (κ2) is 15.7. The lowest BCUT2D eigenvalue weighted by atomic mass is 10.1. The van der Waals surface area contributed by atoms with Gasteiger partial charge in [0, 0.05) is 75.8 Å². The van der Waals surface area contributed by atoms with Gasteiger partial charge >= 0.3 is 12.2 Å². The quantitative estimate of drug-likeness (QED) is 0.202. The van der Waals surface area contributed by atoms with Gasteiger partial charge in [-0.3, -0.25) is 29.9 Å². The zero-order valence-electron chi connectivity index (χ0n) is 25.7. The van der Waals surface area contributed by atoms with Crippen molar-refractivity contribution in [1.29, 1.82) is 0 Å². The maximum atomic E-state index is 13.5. The van der Waals surface area contributed by atoms with Gasteiger partial charge in [0.2, 0.25) is 5.91 Å². The number of hydrogen-bond acceptors (Lipinski definition) is 11. The van der Waals surface area contributed by atoms with Crippen LogP contribution in [0.5, 0.6) is 0 Å². The molecule has 0 spiro atoms. The van der Waals surface area contributed by atoms with Gasteiger partial charge in [-0.05, 0) is 61.2 Å². The maximum Gasteiger partial charge on any atom is 0.410 e. The molecule has 4 rings (SSSR count). The third kappa shape index (κ3) is 9.29. The highest BCUT2D eigenvalue weighted by molar-refractivity contribution is 7.81. The normalized spacial score (nSPS) is 19.3. The Morgan fingerprint density at radius 3 is 2.02 bits per heavy atom. The van der Waals surface area contributed by atoms with Gasteiger partial charge in [-0.2, -0.15) is 12.6 Å². The summed E-state index contributed by atoms with van der Waals surface area (Å²) in [5.74, 6) is 0.0913. The Bertz CT molecular complexity index is 1410. The monoisotopic (exact) mass is 658 g/mol. The number of nitrogens with zero attached hydrogens (tertiary/aromatic N) is 6. The number of carbonyl (C=O) groups excluding carboxylic acids is 3. The second-order valence-electron chi connectivity index (χ2n) is 11.6. The fourth-order valence-electron chi connectivity index (χ4n) is 5.50. The van der Waals surface area contributed by atoms with E-state index < -0.39 is 28.1 Å². The molecule has 248 valence electrons. The van der Waals surface area contributed by atoms with E-state index in [-0.39, 0.29) is 48.2 Å². The molecule has 0 aromatic heterocycles. The van der Waals surface area contributed by atoms with Crippen molar-refractivity contribution in [1.82, 2.24) is 19.6 Å². The predicted molar refractivity (Wildman–Crippen MR) is 169 cm³/mol. The summed E-state index contributed by atoms with van der Waals surface area (Å²) >= 11 is 4.52. The summed E-state index contributed by atoms with van der Waals surface area (Å²) < 4.78 is 10.8. The average Bonchev–Trinajstić information content (AvgIpc) is 3.67. The fourth-order valence-corrected chi connectivity index (χ4v) is 5.87. The van der Waals surface area contributed by atoms with Crippen LogP contribution in [0.25, 0.3) is 0 Å². The summed E-state index contributed by atoms with van der Waals surface area (Å²) in [6, 6.07) is 10.9. The molecule has 0 radical (unpaired) electrons. The number of non-ortho nitro benzene ring substituents is 2. The molecule has 3 amide bonds. The molecule has 2 aliphatic rings. The third-order valence-corrected chi connectivity index (χ3v) is 8.49. The van der Waals surface area contributed by atoms with E-state index in [9.17, 15) is 34.6 Å². The van der Waals surface area contributed by atoms with Gasteiger partial charge in [0.15, 0.2) is 0 Å². The molecule has 0 saturated carbocycles. The van der Waals surface area contributed by atoms with Crippen molar-refractivity contribution in [3.63, 3.8) is 0 Å². The van der Waals surface area contributed by atoms with E-state index in [0.717, 1.165) is 13.0 Å². The molecular weight excluding hydrogens is 620 g/mol. The summed E-state index contributed by atoms with van der Waals surface area (Å²) in [6.07, 6.45) is 0.103. The zero-order chi connectivity index (χ0) is 33.4. The van der Waals surface area contributed by atoms with E-state index in [1.54, 1.807) is 24.1 Å². The Kier molecular flexibility index (Phi) is 11.8. The Morgan fingerprint density at radius 2 is 1.46 bits per heavy atom. The van der Waals surface area contributed by atoms with Crippen LogP contribution >= 0.6 is 12.6 Å². The molecule has 2 aromatic carbocycles. The minimum absolute atomic E-state index is 0.00679. The number of nitro benzene ring substituents is 2. The molecule has 0 unspecified atom stereocenters. The van der Waals surface area contributed by atoms with Crippen LogP contribution in [0.3, 0.4) is 0 Å². The van der Waals surface area contributed by atoms with Crippen molar-refractivity contribution in [2.24, 2.45) is 5.92 Å². The van der Waals surface area contributed by atoms with Crippen LogP contribution in [-0.2, 0) is 27.5 Å². The van der Waals surface area contributed by atoms with Crippen LogP contribution in [-0.4, -0.2) is 112 Å². The van der Waals surface area contributed by atoms with Crippen molar-refractivity contribution in [2.45, 2.75) is 37.3 Å². The number of benzene rings is 2. The number of hydrogen-bond donors (Lipinski definition) is 1. The summed E-state index contributed by atoms with van der Waals surface area (Å²) in [4.78, 5) is 66.2. The molecule has 46 heavy (non-hydrogen) atoms. The Balaban J connectivity index is 1.18. The Labute approximate surface area is 271 Å². The minimum atomic E-state index is -0.672. The van der Waals surface area contributed by atoms with Crippen LogP contribution in [0, 0.1) is 26.1 Å². The molecule has 16 heteroatoms. The molecule has 2 saturated heterocycles. The van der Waals surface area contributed by atoms with Crippen molar-refractivity contribution >= 4 is 42.1 Å². The van der Waals surface area contributed by atoms with Gasteiger partial charge in [-0.25, -0.2) is 9.59 Å². The lowest BCUT2D eigenvalue weighted by Crippen LogP contribution is -2.47. The average molecular weight is 659 g/mol. The predicted octanol–water partition coefficient (Wildman–Crippen LogP) is 3.56. The summed E-state index contributed by atoms with van der Waals surface area (Å²) in [6.45, 7) is 3.07. The van der Waals surface area contributed by atoms with Gasteiger partial charge in [0.05, 0.1) is 9.85 Å². The first kappa shape index (κ1) is 34.4. The first-order valence-electron chi connectivity index (χ1n) is 14.8. The van der Waals surface area contributed by atoms with E-state index in [4.69, 9.17) is 9.47 Å². The minimum Gasteiger partial charge on any atom is -0.445 e. The molecule has 0 bridgehead atoms. The number of likely N-dealkylation sites (tertiary alicyclic amines) is 2. The summed E-state index contributed by atoms with van der Waals surface area (Å²) in [5, 5.41) is 21.5. The van der Waals surface area contributed by atoms with Gasteiger partial charge in [-0.15, -0.1) is 0 Å². The molecular formula is C30H38N6O9S. The fraction of sp³-hybridized carbons (Fsp3) is 0.500. The van der Waals surface area contributed by atoms with Crippen LogP contribution in [0.4, 0.5) is 21.0 Å². The molecule has 15 nitrogen and oxygen atoms in total. The molecule has 0 N–H and O–H groups in total. The van der Waals surface area contributed by atoms with Gasteiger partial charge < -0.3 is 24.2 Å². The zero-order valence-corrected chi connectivity index (χ0v) is 26.6. The number of ether oxygens (including phenoxy) is 2. The number of nitro groups is 2. The second-order valence-corrected chi connectivity index (χ2v) is 12.4. The first-order chi connectivity index (χ1) is 21.9. The highest BCUT2D eigenvalue weighted by atomic mass is 32.1. The Hall–Kier alpha value is -4.44. The molecule has 2 aliphatic heterocycles. The van der Waals surface area contributed by atoms with E-state index in [0.29, 0.717) is 43.7 Å². The molecule has 3 atom stereocenters. The summed E-state index contributed by atoms with van der Waals surface area (Å²) in [5.41, 5.74) is 1.16. The lowest BCUT2D eigenvalue weighted by molar-refractivity contribution is -0.385. The van der Waals surface area contributed by atoms with E-state index in [1.807, 2.05) is 7.05 Å². The van der Waals surface area contributed by atoms with Crippen molar-refractivity contribution < 1.29 is 33.7 Å². The molecule has 0 aliphatic carbocycles.